The highest BCUT2D eigenvalue weighted by Gasteiger charge is 2.22. The van der Waals surface area contributed by atoms with Gasteiger partial charge in [0.05, 0.1) is 0 Å². The van der Waals surface area contributed by atoms with Crippen molar-refractivity contribution in [2.24, 2.45) is 0 Å². The fourth-order valence-corrected chi connectivity index (χ4v) is 2.24. The molecule has 0 spiro atoms. The van der Waals surface area contributed by atoms with Gasteiger partial charge in [0.1, 0.15) is 5.69 Å². The summed E-state index contributed by atoms with van der Waals surface area (Å²) in [5, 5.41) is 0. The fourth-order valence-electron chi connectivity index (χ4n) is 2.24. The molecule has 1 aromatic rings. The topological polar surface area (TPSA) is 53.5 Å². The summed E-state index contributed by atoms with van der Waals surface area (Å²) in [6, 6.07) is 5.33. The van der Waals surface area contributed by atoms with Gasteiger partial charge in [0.2, 0.25) is 5.91 Å². The quantitative estimate of drug-likeness (QED) is 0.803. The SMILES string of the molecule is CCC(=O)N1CCCN(C(=O)c2ccccn2)CC1. The molecule has 0 radical (unpaired) electrons. The molecule has 0 saturated carbocycles. The van der Waals surface area contributed by atoms with Crippen LogP contribution < -0.4 is 0 Å². The van der Waals surface area contributed by atoms with Crippen molar-refractivity contribution >= 4 is 11.8 Å². The largest absolute Gasteiger partial charge is 0.341 e. The first-order chi connectivity index (χ1) is 9.22. The Hall–Kier alpha value is -1.91. The Labute approximate surface area is 113 Å². The molecule has 5 nitrogen and oxygen atoms in total. The molecule has 1 aliphatic rings. The van der Waals surface area contributed by atoms with Crippen molar-refractivity contribution in [3.63, 3.8) is 0 Å². The van der Waals surface area contributed by atoms with E-state index in [-0.39, 0.29) is 11.8 Å². The van der Waals surface area contributed by atoms with Crippen molar-refractivity contribution in [1.82, 2.24) is 14.8 Å². The second-order valence-electron chi connectivity index (χ2n) is 4.60. The number of pyridine rings is 1. The first kappa shape index (κ1) is 13.5. The average Bonchev–Trinajstić information content (AvgIpc) is 2.72. The second-order valence-corrected chi connectivity index (χ2v) is 4.60. The van der Waals surface area contributed by atoms with E-state index >= 15 is 0 Å². The van der Waals surface area contributed by atoms with Crippen LogP contribution in [0.4, 0.5) is 0 Å². The first-order valence-electron chi connectivity index (χ1n) is 6.70. The van der Waals surface area contributed by atoms with Gasteiger partial charge in [-0.1, -0.05) is 13.0 Å². The molecule has 2 amide bonds. The molecule has 1 saturated heterocycles. The van der Waals surface area contributed by atoms with E-state index in [1.54, 1.807) is 23.2 Å². The minimum atomic E-state index is -0.0496. The number of hydrogen-bond acceptors (Lipinski definition) is 3. The van der Waals surface area contributed by atoms with Crippen LogP contribution in [0.1, 0.15) is 30.3 Å². The van der Waals surface area contributed by atoms with Gasteiger partial charge in [-0.2, -0.15) is 0 Å². The van der Waals surface area contributed by atoms with Crippen LogP contribution >= 0.6 is 0 Å². The van der Waals surface area contributed by atoms with E-state index in [0.717, 1.165) is 13.0 Å². The van der Waals surface area contributed by atoms with Crippen molar-refractivity contribution in [2.45, 2.75) is 19.8 Å². The summed E-state index contributed by atoms with van der Waals surface area (Å²) < 4.78 is 0. The highest BCUT2D eigenvalue weighted by Crippen LogP contribution is 2.08. The smallest absolute Gasteiger partial charge is 0.272 e. The molecule has 2 heterocycles. The third-order valence-electron chi connectivity index (χ3n) is 3.32. The lowest BCUT2D eigenvalue weighted by molar-refractivity contribution is -0.130. The number of nitrogens with zero attached hydrogens (tertiary/aromatic N) is 3. The van der Waals surface area contributed by atoms with Crippen LogP contribution in [0.15, 0.2) is 24.4 Å². The van der Waals surface area contributed by atoms with Gasteiger partial charge in [0.25, 0.3) is 5.91 Å². The Bertz CT molecular complexity index is 447. The van der Waals surface area contributed by atoms with Crippen LogP contribution in [-0.2, 0) is 4.79 Å². The molecule has 0 aromatic carbocycles. The molecule has 1 fully saturated rings. The van der Waals surface area contributed by atoms with Crippen LogP contribution in [0.5, 0.6) is 0 Å². The van der Waals surface area contributed by atoms with E-state index in [1.807, 2.05) is 17.9 Å². The van der Waals surface area contributed by atoms with Crippen LogP contribution in [0, 0.1) is 0 Å². The summed E-state index contributed by atoms with van der Waals surface area (Å²) >= 11 is 0. The van der Waals surface area contributed by atoms with E-state index in [2.05, 4.69) is 4.98 Å². The molecular weight excluding hydrogens is 242 g/mol. The maximum atomic E-state index is 12.3. The molecule has 1 aliphatic heterocycles. The van der Waals surface area contributed by atoms with E-state index in [9.17, 15) is 9.59 Å². The molecular formula is C14H19N3O2. The number of hydrogen-bond donors (Lipinski definition) is 0. The van der Waals surface area contributed by atoms with Crippen molar-refractivity contribution < 1.29 is 9.59 Å². The summed E-state index contributed by atoms with van der Waals surface area (Å²) in [5.41, 5.74) is 0.470. The molecule has 2 rings (SSSR count). The predicted molar refractivity (Wildman–Crippen MR) is 71.6 cm³/mol. The summed E-state index contributed by atoms with van der Waals surface area (Å²) in [4.78, 5) is 31.6. The second kappa shape index (κ2) is 6.31. The zero-order valence-electron chi connectivity index (χ0n) is 11.2. The normalized spacial score (nSPS) is 16.1. The van der Waals surface area contributed by atoms with Gasteiger partial charge >= 0.3 is 0 Å². The molecule has 19 heavy (non-hydrogen) atoms. The lowest BCUT2D eigenvalue weighted by atomic mass is 10.3. The number of rotatable bonds is 2. The van der Waals surface area contributed by atoms with E-state index in [1.165, 1.54) is 0 Å². The van der Waals surface area contributed by atoms with Crippen LogP contribution in [-0.4, -0.2) is 52.8 Å². The van der Waals surface area contributed by atoms with Gasteiger partial charge in [0.15, 0.2) is 0 Å². The van der Waals surface area contributed by atoms with Gasteiger partial charge in [-0.15, -0.1) is 0 Å². The standard InChI is InChI=1S/C14H19N3O2/c1-2-13(18)16-8-5-9-17(11-10-16)14(19)12-6-3-4-7-15-12/h3-4,6-7H,2,5,8-11H2,1H3. The summed E-state index contributed by atoms with van der Waals surface area (Å²) in [6.45, 7) is 4.48. The Balaban J connectivity index is 2.00. The van der Waals surface area contributed by atoms with Crippen LogP contribution in [0.2, 0.25) is 0 Å². The molecule has 5 heteroatoms. The number of carbonyl (C=O) groups is 2. The van der Waals surface area contributed by atoms with Crippen molar-refractivity contribution in [3.8, 4) is 0 Å². The number of amides is 2. The van der Waals surface area contributed by atoms with E-state index in [0.29, 0.717) is 31.7 Å². The Kier molecular flexibility index (Phi) is 4.49. The lowest BCUT2D eigenvalue weighted by Crippen LogP contribution is -2.37. The van der Waals surface area contributed by atoms with Gasteiger partial charge < -0.3 is 9.80 Å². The maximum Gasteiger partial charge on any atom is 0.272 e. The summed E-state index contributed by atoms with van der Waals surface area (Å²) in [5.74, 6) is 0.110. The molecule has 0 atom stereocenters. The number of carbonyl (C=O) groups excluding carboxylic acids is 2. The summed E-state index contributed by atoms with van der Waals surface area (Å²) in [7, 11) is 0. The third kappa shape index (κ3) is 3.30. The Morgan fingerprint density at radius 2 is 1.89 bits per heavy atom. The van der Waals surface area contributed by atoms with E-state index in [4.69, 9.17) is 0 Å². The van der Waals surface area contributed by atoms with Crippen molar-refractivity contribution in [2.75, 3.05) is 26.2 Å². The van der Waals surface area contributed by atoms with Crippen molar-refractivity contribution in [3.05, 3.63) is 30.1 Å². The number of aromatic nitrogens is 1. The Morgan fingerprint density at radius 3 is 2.58 bits per heavy atom. The van der Waals surface area contributed by atoms with Gasteiger partial charge in [-0.3, -0.25) is 14.6 Å². The predicted octanol–water partition coefficient (Wildman–Crippen LogP) is 1.17. The van der Waals surface area contributed by atoms with Gasteiger partial charge in [-0.25, -0.2) is 0 Å². The van der Waals surface area contributed by atoms with E-state index < -0.39 is 0 Å². The zero-order valence-corrected chi connectivity index (χ0v) is 11.2. The Morgan fingerprint density at radius 1 is 1.16 bits per heavy atom. The van der Waals surface area contributed by atoms with Crippen LogP contribution in [0.3, 0.4) is 0 Å². The van der Waals surface area contributed by atoms with Crippen LogP contribution in [0.25, 0.3) is 0 Å². The molecule has 0 unspecified atom stereocenters. The average molecular weight is 261 g/mol. The lowest BCUT2D eigenvalue weighted by Gasteiger charge is -2.21. The minimum absolute atomic E-state index is 0.0496. The molecule has 102 valence electrons. The monoisotopic (exact) mass is 261 g/mol. The maximum absolute atomic E-state index is 12.3. The molecule has 1 aromatic heterocycles. The summed E-state index contributed by atoms with van der Waals surface area (Å²) in [6.07, 6.45) is 2.97. The highest BCUT2D eigenvalue weighted by molar-refractivity contribution is 5.92. The fraction of sp³-hybridized carbons (Fsp3) is 0.500. The molecule has 0 bridgehead atoms. The van der Waals surface area contributed by atoms with Gasteiger partial charge in [0, 0.05) is 38.8 Å². The zero-order chi connectivity index (χ0) is 13.7. The highest BCUT2D eigenvalue weighted by atomic mass is 16.2. The van der Waals surface area contributed by atoms with Crippen molar-refractivity contribution in [1.29, 1.82) is 0 Å². The third-order valence-corrected chi connectivity index (χ3v) is 3.32. The van der Waals surface area contributed by atoms with Gasteiger partial charge in [-0.05, 0) is 18.6 Å². The molecule has 0 N–H and O–H groups in total. The molecule has 0 aliphatic carbocycles. The minimum Gasteiger partial charge on any atom is -0.341 e. The first-order valence-corrected chi connectivity index (χ1v) is 6.70.